The molecule has 10 nitrogen and oxygen atoms in total. The predicted molar refractivity (Wildman–Crippen MR) is 148 cm³/mol. The van der Waals surface area contributed by atoms with Crippen LogP contribution in [0.2, 0.25) is 0 Å². The fourth-order valence-electron chi connectivity index (χ4n) is 5.85. The number of para-hydroxylation sites is 1. The SMILES string of the molecule is C=CCN1C(=O)C2(/C(=C(/O)c3ccc(S(=O)(=O)N4CCCC4)cc3)C(=O)C(=O)N2CCCOC)c2ccccc21. The summed E-state index contributed by atoms with van der Waals surface area (Å²) in [7, 11) is -2.19. The molecule has 40 heavy (non-hydrogen) atoms. The number of aliphatic hydroxyl groups excluding tert-OH is 1. The van der Waals surface area contributed by atoms with E-state index < -0.39 is 38.9 Å². The first kappa shape index (κ1) is 27.8. The van der Waals surface area contributed by atoms with Crippen molar-refractivity contribution in [3.8, 4) is 0 Å². The Hall–Kier alpha value is -3.80. The van der Waals surface area contributed by atoms with Gasteiger partial charge in [-0.15, -0.1) is 6.58 Å². The van der Waals surface area contributed by atoms with Gasteiger partial charge in [0.15, 0.2) is 5.54 Å². The second kappa shape index (κ2) is 10.6. The summed E-state index contributed by atoms with van der Waals surface area (Å²) in [6.45, 7) is 5.08. The van der Waals surface area contributed by atoms with E-state index in [1.54, 1.807) is 30.3 Å². The average molecular weight is 566 g/mol. The largest absolute Gasteiger partial charge is 0.507 e. The quantitative estimate of drug-likeness (QED) is 0.163. The molecular formula is C29H31N3O7S. The molecule has 2 aromatic carbocycles. The van der Waals surface area contributed by atoms with E-state index in [0.29, 0.717) is 30.8 Å². The molecule has 0 aromatic heterocycles. The van der Waals surface area contributed by atoms with Crippen LogP contribution in [0.1, 0.15) is 30.4 Å². The number of anilines is 1. The van der Waals surface area contributed by atoms with Gasteiger partial charge in [0.2, 0.25) is 10.0 Å². The molecule has 2 amide bonds. The summed E-state index contributed by atoms with van der Waals surface area (Å²) in [5.41, 5.74) is -1.24. The molecule has 2 fully saturated rings. The van der Waals surface area contributed by atoms with Gasteiger partial charge in [-0.05, 0) is 49.6 Å². The Morgan fingerprint density at radius 2 is 1.75 bits per heavy atom. The van der Waals surface area contributed by atoms with Crippen LogP contribution in [0.15, 0.2) is 71.7 Å². The van der Waals surface area contributed by atoms with Crippen molar-refractivity contribution in [1.82, 2.24) is 9.21 Å². The Balaban J connectivity index is 1.68. The van der Waals surface area contributed by atoms with Gasteiger partial charge in [0, 0.05) is 51.0 Å². The number of ether oxygens (including phenoxy) is 1. The third kappa shape index (κ3) is 4.07. The molecule has 11 heteroatoms. The first-order valence-electron chi connectivity index (χ1n) is 13.1. The van der Waals surface area contributed by atoms with Crippen molar-refractivity contribution in [2.24, 2.45) is 0 Å². The third-order valence-corrected chi connectivity index (χ3v) is 9.59. The smallest absolute Gasteiger partial charge is 0.296 e. The monoisotopic (exact) mass is 565 g/mol. The summed E-state index contributed by atoms with van der Waals surface area (Å²) in [5.74, 6) is -3.01. The van der Waals surface area contributed by atoms with E-state index in [-0.39, 0.29) is 35.7 Å². The molecule has 5 rings (SSSR count). The van der Waals surface area contributed by atoms with Crippen molar-refractivity contribution in [2.75, 3.05) is 44.8 Å². The fraction of sp³-hybridized carbons (Fsp3) is 0.345. The summed E-state index contributed by atoms with van der Waals surface area (Å²) < 4.78 is 32.5. The number of nitrogens with zero attached hydrogens (tertiary/aromatic N) is 3. The first-order valence-corrected chi connectivity index (χ1v) is 14.6. The number of carbonyl (C=O) groups is 3. The molecule has 210 valence electrons. The van der Waals surface area contributed by atoms with Gasteiger partial charge in [-0.1, -0.05) is 24.3 Å². The lowest BCUT2D eigenvalue weighted by molar-refractivity contribution is -0.143. The topological polar surface area (TPSA) is 125 Å². The van der Waals surface area contributed by atoms with Crippen LogP contribution in [0.3, 0.4) is 0 Å². The Morgan fingerprint density at radius 3 is 2.40 bits per heavy atom. The lowest BCUT2D eigenvalue weighted by Crippen LogP contribution is -2.52. The molecule has 3 heterocycles. The molecule has 3 aliphatic heterocycles. The minimum atomic E-state index is -3.70. The highest BCUT2D eigenvalue weighted by Crippen LogP contribution is 2.53. The van der Waals surface area contributed by atoms with Crippen molar-refractivity contribution in [3.05, 3.63) is 77.9 Å². The van der Waals surface area contributed by atoms with Gasteiger partial charge in [0.25, 0.3) is 17.6 Å². The number of hydrogen-bond donors (Lipinski definition) is 1. The summed E-state index contributed by atoms with van der Waals surface area (Å²) in [6, 6.07) is 12.3. The first-order chi connectivity index (χ1) is 19.2. The van der Waals surface area contributed by atoms with Crippen LogP contribution >= 0.6 is 0 Å². The van der Waals surface area contributed by atoms with Crippen LogP contribution in [0, 0.1) is 0 Å². The Bertz CT molecular complexity index is 1510. The summed E-state index contributed by atoms with van der Waals surface area (Å²) in [5, 5.41) is 11.6. The molecule has 1 unspecified atom stereocenters. The number of likely N-dealkylation sites (tertiary alicyclic amines) is 1. The standard InChI is InChI=1S/C29H31N3O7S/c1-3-15-31-23-10-5-4-9-22(23)29(28(31)36)24(26(34)27(35)32(29)18-8-19-39-2)25(33)20-11-13-21(14-12-20)40(37,38)30-16-6-7-17-30/h3-5,9-14,33H,1,6-8,15-19H2,2H3/b25-24+. The van der Waals surface area contributed by atoms with E-state index >= 15 is 0 Å². The van der Waals surface area contributed by atoms with Gasteiger partial charge >= 0.3 is 0 Å². The highest BCUT2D eigenvalue weighted by atomic mass is 32.2. The number of Topliss-reactive ketones (excluding diaryl/α,β-unsaturated/α-hetero) is 1. The number of rotatable bonds is 9. The number of carbonyl (C=O) groups excluding carboxylic acids is 3. The molecule has 0 saturated carbocycles. The van der Waals surface area contributed by atoms with Crippen LogP contribution < -0.4 is 4.90 Å². The van der Waals surface area contributed by atoms with Crippen LogP contribution in [0.4, 0.5) is 5.69 Å². The van der Waals surface area contributed by atoms with Crippen molar-refractivity contribution in [1.29, 1.82) is 0 Å². The normalized spacial score (nSPS) is 22.5. The van der Waals surface area contributed by atoms with Crippen molar-refractivity contribution in [3.63, 3.8) is 0 Å². The van der Waals surface area contributed by atoms with Crippen LogP contribution in [-0.4, -0.2) is 80.2 Å². The van der Waals surface area contributed by atoms with Crippen LogP contribution in [-0.2, 0) is 34.7 Å². The van der Waals surface area contributed by atoms with E-state index in [1.807, 2.05) is 0 Å². The maximum Gasteiger partial charge on any atom is 0.296 e. The van der Waals surface area contributed by atoms with Gasteiger partial charge in [0.1, 0.15) is 5.76 Å². The molecule has 3 aliphatic rings. The van der Waals surface area contributed by atoms with Gasteiger partial charge in [-0.3, -0.25) is 14.4 Å². The third-order valence-electron chi connectivity index (χ3n) is 7.68. The van der Waals surface area contributed by atoms with E-state index in [4.69, 9.17) is 4.74 Å². The molecule has 0 aliphatic carbocycles. The van der Waals surface area contributed by atoms with E-state index in [2.05, 4.69) is 6.58 Å². The maximum absolute atomic E-state index is 14.3. The molecular weight excluding hydrogens is 534 g/mol. The van der Waals surface area contributed by atoms with Crippen molar-refractivity contribution < 1.29 is 32.6 Å². The molecule has 0 radical (unpaired) electrons. The van der Waals surface area contributed by atoms with E-state index in [1.165, 1.54) is 45.5 Å². The lowest BCUT2D eigenvalue weighted by atomic mass is 9.82. The van der Waals surface area contributed by atoms with Crippen molar-refractivity contribution in [2.45, 2.75) is 29.7 Å². The lowest BCUT2D eigenvalue weighted by Gasteiger charge is -2.34. The predicted octanol–water partition coefficient (Wildman–Crippen LogP) is 2.62. The molecule has 2 saturated heterocycles. The minimum Gasteiger partial charge on any atom is -0.507 e. The molecule has 1 N–H and O–H groups in total. The summed E-state index contributed by atoms with van der Waals surface area (Å²) in [4.78, 5) is 44.1. The Labute approximate surface area is 233 Å². The van der Waals surface area contributed by atoms with Crippen molar-refractivity contribution >= 4 is 39.1 Å². The van der Waals surface area contributed by atoms with Crippen LogP contribution in [0.5, 0.6) is 0 Å². The maximum atomic E-state index is 14.3. The second-order valence-electron chi connectivity index (χ2n) is 9.92. The summed E-state index contributed by atoms with van der Waals surface area (Å²) in [6.07, 6.45) is 3.49. The fourth-order valence-corrected chi connectivity index (χ4v) is 7.37. The van der Waals surface area contributed by atoms with E-state index in [0.717, 1.165) is 12.8 Å². The zero-order chi connectivity index (χ0) is 28.7. The van der Waals surface area contributed by atoms with E-state index in [9.17, 15) is 27.9 Å². The van der Waals surface area contributed by atoms with Gasteiger partial charge in [-0.2, -0.15) is 4.31 Å². The molecule has 0 bridgehead atoms. The number of amides is 2. The van der Waals surface area contributed by atoms with Gasteiger partial charge in [-0.25, -0.2) is 8.42 Å². The number of sulfonamides is 1. The highest BCUT2D eigenvalue weighted by molar-refractivity contribution is 7.89. The zero-order valence-electron chi connectivity index (χ0n) is 22.2. The van der Waals surface area contributed by atoms with Gasteiger partial charge in [0.05, 0.1) is 16.2 Å². The average Bonchev–Trinajstić information content (AvgIpc) is 3.64. The minimum absolute atomic E-state index is 0.0320. The highest BCUT2D eigenvalue weighted by Gasteiger charge is 2.66. The zero-order valence-corrected chi connectivity index (χ0v) is 23.0. The second-order valence-corrected chi connectivity index (χ2v) is 11.9. The molecule has 1 spiro atoms. The molecule has 2 aromatic rings. The number of fused-ring (bicyclic) bond motifs is 2. The number of ketones is 1. The van der Waals surface area contributed by atoms with Gasteiger partial charge < -0.3 is 19.6 Å². The number of methoxy groups -OCH3 is 1. The Kier molecular flexibility index (Phi) is 7.38. The number of benzene rings is 2. The summed E-state index contributed by atoms with van der Waals surface area (Å²) >= 11 is 0. The van der Waals surface area contributed by atoms with Crippen LogP contribution in [0.25, 0.3) is 5.76 Å². The Morgan fingerprint density at radius 1 is 1.07 bits per heavy atom. The number of hydrogen-bond acceptors (Lipinski definition) is 7. The molecule has 1 atom stereocenters. The number of aliphatic hydroxyl groups is 1.